The van der Waals surface area contributed by atoms with E-state index in [-0.39, 0.29) is 0 Å². The molecule has 1 aromatic carbocycles. The van der Waals surface area contributed by atoms with E-state index in [1.165, 1.54) is 0 Å². The number of benzene rings is 1. The Morgan fingerprint density at radius 3 is 2.37 bits per heavy atom. The van der Waals surface area contributed by atoms with Gasteiger partial charge in [0, 0.05) is 5.56 Å². The summed E-state index contributed by atoms with van der Waals surface area (Å²) >= 11 is 0. The maximum Gasteiger partial charge on any atom is 0.151 e. The fourth-order valence-electron chi connectivity index (χ4n) is 1.69. The summed E-state index contributed by atoms with van der Waals surface area (Å²) in [7, 11) is 3.24. The predicted octanol–water partition coefficient (Wildman–Crippen LogP) is 1.79. The quantitative estimate of drug-likeness (QED) is 0.786. The molecule has 0 amide bonds. The SMILES string of the molecule is COc1ccc(OC)c(/C=N/n2c(C)nnc2C)c1. The van der Waals surface area contributed by atoms with Crippen molar-refractivity contribution < 1.29 is 9.47 Å². The summed E-state index contributed by atoms with van der Waals surface area (Å²) in [5.41, 5.74) is 0.828. The minimum atomic E-state index is 0.730. The summed E-state index contributed by atoms with van der Waals surface area (Å²) in [5.74, 6) is 2.94. The lowest BCUT2D eigenvalue weighted by Gasteiger charge is -2.06. The smallest absolute Gasteiger partial charge is 0.151 e. The molecule has 0 saturated carbocycles. The van der Waals surface area contributed by atoms with Gasteiger partial charge in [-0.15, -0.1) is 10.2 Å². The summed E-state index contributed by atoms with van der Waals surface area (Å²) in [6.07, 6.45) is 1.70. The Hall–Kier alpha value is -2.37. The lowest BCUT2D eigenvalue weighted by atomic mass is 10.2. The topological polar surface area (TPSA) is 61.5 Å². The van der Waals surface area contributed by atoms with Crippen molar-refractivity contribution in [3.63, 3.8) is 0 Å². The highest BCUT2D eigenvalue weighted by molar-refractivity contribution is 5.84. The summed E-state index contributed by atoms with van der Waals surface area (Å²) in [6.45, 7) is 3.69. The van der Waals surface area contributed by atoms with Crippen LogP contribution in [0.4, 0.5) is 0 Å². The van der Waals surface area contributed by atoms with Crippen molar-refractivity contribution in [2.45, 2.75) is 13.8 Å². The van der Waals surface area contributed by atoms with E-state index < -0.39 is 0 Å². The molecule has 0 aliphatic heterocycles. The van der Waals surface area contributed by atoms with Crippen LogP contribution in [-0.2, 0) is 0 Å². The third-order valence-corrected chi connectivity index (χ3v) is 2.70. The lowest BCUT2D eigenvalue weighted by molar-refractivity contribution is 0.402. The van der Waals surface area contributed by atoms with Gasteiger partial charge < -0.3 is 9.47 Å². The van der Waals surface area contributed by atoms with Gasteiger partial charge in [0.2, 0.25) is 0 Å². The number of methoxy groups -OCH3 is 2. The van der Waals surface area contributed by atoms with Gasteiger partial charge >= 0.3 is 0 Å². The van der Waals surface area contributed by atoms with E-state index in [2.05, 4.69) is 15.3 Å². The van der Waals surface area contributed by atoms with Crippen molar-refractivity contribution in [2.75, 3.05) is 14.2 Å². The molecule has 2 aromatic rings. The second-order valence-electron chi connectivity index (χ2n) is 3.96. The molecular weight excluding hydrogens is 244 g/mol. The zero-order valence-electron chi connectivity index (χ0n) is 11.4. The van der Waals surface area contributed by atoms with Crippen molar-refractivity contribution in [2.24, 2.45) is 5.10 Å². The van der Waals surface area contributed by atoms with Gasteiger partial charge in [-0.1, -0.05) is 0 Å². The van der Waals surface area contributed by atoms with Crippen molar-refractivity contribution in [3.05, 3.63) is 35.4 Å². The van der Waals surface area contributed by atoms with Crippen LogP contribution in [0, 0.1) is 13.8 Å². The Bertz CT molecular complexity index is 585. The van der Waals surface area contributed by atoms with Crippen LogP contribution in [0.2, 0.25) is 0 Å². The van der Waals surface area contributed by atoms with Gasteiger partial charge in [-0.3, -0.25) is 0 Å². The number of rotatable bonds is 4. The molecule has 0 bridgehead atoms. The van der Waals surface area contributed by atoms with E-state index >= 15 is 0 Å². The highest BCUT2D eigenvalue weighted by atomic mass is 16.5. The third-order valence-electron chi connectivity index (χ3n) is 2.70. The largest absolute Gasteiger partial charge is 0.497 e. The van der Waals surface area contributed by atoms with E-state index in [1.54, 1.807) is 25.1 Å². The van der Waals surface area contributed by atoms with E-state index in [0.29, 0.717) is 0 Å². The average Bonchev–Trinajstić information content (AvgIpc) is 2.75. The first-order valence-electron chi connectivity index (χ1n) is 5.80. The standard InChI is InChI=1S/C13H16N4O2/c1-9-15-16-10(2)17(9)14-8-11-7-12(18-3)5-6-13(11)19-4/h5-8H,1-4H3/b14-8+. The second kappa shape index (κ2) is 5.51. The first-order valence-corrected chi connectivity index (χ1v) is 5.80. The van der Waals surface area contributed by atoms with E-state index in [1.807, 2.05) is 32.0 Å². The van der Waals surface area contributed by atoms with Crippen molar-refractivity contribution in [1.29, 1.82) is 0 Å². The predicted molar refractivity (Wildman–Crippen MR) is 72.0 cm³/mol. The van der Waals surface area contributed by atoms with Gasteiger partial charge in [-0.25, -0.2) is 4.68 Å². The molecule has 0 saturated heterocycles. The molecule has 19 heavy (non-hydrogen) atoms. The number of aryl methyl sites for hydroxylation is 2. The van der Waals surface area contributed by atoms with Gasteiger partial charge in [0.15, 0.2) is 11.6 Å². The van der Waals surface area contributed by atoms with Crippen LogP contribution in [0.5, 0.6) is 11.5 Å². The minimum absolute atomic E-state index is 0.730. The zero-order chi connectivity index (χ0) is 13.8. The Balaban J connectivity index is 2.37. The van der Waals surface area contributed by atoms with E-state index in [0.717, 1.165) is 28.7 Å². The lowest BCUT2D eigenvalue weighted by Crippen LogP contribution is -1.98. The molecule has 100 valence electrons. The fraction of sp³-hybridized carbons (Fsp3) is 0.308. The molecule has 0 fully saturated rings. The van der Waals surface area contributed by atoms with Crippen LogP contribution < -0.4 is 9.47 Å². The molecule has 6 heteroatoms. The summed E-state index contributed by atoms with van der Waals surface area (Å²) in [5, 5.41) is 12.2. The van der Waals surface area contributed by atoms with E-state index in [9.17, 15) is 0 Å². The van der Waals surface area contributed by atoms with E-state index in [4.69, 9.17) is 9.47 Å². The number of nitrogens with zero attached hydrogens (tertiary/aromatic N) is 4. The zero-order valence-corrected chi connectivity index (χ0v) is 11.4. The van der Waals surface area contributed by atoms with Crippen molar-refractivity contribution >= 4 is 6.21 Å². The molecule has 0 spiro atoms. The number of aromatic nitrogens is 3. The maximum atomic E-state index is 5.29. The van der Waals surface area contributed by atoms with Crippen molar-refractivity contribution in [1.82, 2.24) is 14.9 Å². The van der Waals surface area contributed by atoms with Crippen LogP contribution in [0.15, 0.2) is 23.3 Å². The van der Waals surface area contributed by atoms with Gasteiger partial charge in [0.1, 0.15) is 11.5 Å². The number of hydrogen-bond acceptors (Lipinski definition) is 5. The summed E-state index contributed by atoms with van der Waals surface area (Å²) in [6, 6.07) is 5.54. The highest BCUT2D eigenvalue weighted by Crippen LogP contribution is 2.22. The Labute approximate surface area is 111 Å². The van der Waals surface area contributed by atoms with Crippen LogP contribution >= 0.6 is 0 Å². The highest BCUT2D eigenvalue weighted by Gasteiger charge is 2.05. The van der Waals surface area contributed by atoms with Gasteiger partial charge in [-0.05, 0) is 32.0 Å². The first-order chi connectivity index (χ1) is 9.15. The Morgan fingerprint density at radius 1 is 1.11 bits per heavy atom. The van der Waals surface area contributed by atoms with Crippen LogP contribution in [0.3, 0.4) is 0 Å². The number of ether oxygens (including phenoxy) is 2. The Kier molecular flexibility index (Phi) is 3.79. The first kappa shape index (κ1) is 13.1. The third kappa shape index (κ3) is 2.73. The molecule has 0 aliphatic carbocycles. The van der Waals surface area contributed by atoms with Crippen LogP contribution in [-0.4, -0.2) is 35.3 Å². The summed E-state index contributed by atoms with van der Waals surface area (Å²) in [4.78, 5) is 0. The molecule has 1 heterocycles. The summed E-state index contributed by atoms with van der Waals surface area (Å²) < 4.78 is 12.1. The average molecular weight is 260 g/mol. The maximum absolute atomic E-state index is 5.29. The monoisotopic (exact) mass is 260 g/mol. The van der Waals surface area contributed by atoms with Crippen molar-refractivity contribution in [3.8, 4) is 11.5 Å². The van der Waals surface area contributed by atoms with Gasteiger partial charge in [-0.2, -0.15) is 5.10 Å². The van der Waals surface area contributed by atoms with Gasteiger partial charge in [0.25, 0.3) is 0 Å². The Morgan fingerprint density at radius 2 is 1.79 bits per heavy atom. The second-order valence-corrected chi connectivity index (χ2v) is 3.96. The van der Waals surface area contributed by atoms with Crippen LogP contribution in [0.25, 0.3) is 0 Å². The normalized spacial score (nSPS) is 10.9. The number of hydrogen-bond donors (Lipinski definition) is 0. The molecule has 0 radical (unpaired) electrons. The fourth-order valence-corrected chi connectivity index (χ4v) is 1.69. The van der Waals surface area contributed by atoms with Gasteiger partial charge in [0.05, 0.1) is 20.4 Å². The molecule has 6 nitrogen and oxygen atoms in total. The molecule has 0 aliphatic rings. The molecule has 1 aromatic heterocycles. The van der Waals surface area contributed by atoms with Crippen LogP contribution in [0.1, 0.15) is 17.2 Å². The molecule has 0 N–H and O–H groups in total. The molecular formula is C13H16N4O2. The molecule has 2 rings (SSSR count). The minimum Gasteiger partial charge on any atom is -0.497 e. The molecule has 0 unspecified atom stereocenters. The molecule has 0 atom stereocenters.